The molecular weight excluding hydrogens is 316 g/mol. The Bertz CT molecular complexity index is 959. The van der Waals surface area contributed by atoms with Crippen molar-refractivity contribution in [1.82, 2.24) is 9.78 Å². The molecular formula is C20H20N2O3. The molecule has 2 aromatic carbocycles. The highest BCUT2D eigenvalue weighted by atomic mass is 16.5. The molecule has 0 N–H and O–H groups in total. The minimum atomic E-state index is -0.565. The maximum Gasteiger partial charge on any atom is 0.364 e. The number of carbonyl (C=O) groups excluding carboxylic acids is 1. The summed E-state index contributed by atoms with van der Waals surface area (Å²) in [5, 5.41) is 5.23. The van der Waals surface area contributed by atoms with Gasteiger partial charge in [-0.15, -0.1) is 0 Å². The quantitative estimate of drug-likeness (QED) is 0.528. The van der Waals surface area contributed by atoms with Crippen LogP contribution in [0.3, 0.4) is 0 Å². The fourth-order valence-corrected chi connectivity index (χ4v) is 2.70. The molecule has 0 radical (unpaired) electrons. The van der Waals surface area contributed by atoms with Crippen LogP contribution >= 0.6 is 0 Å². The van der Waals surface area contributed by atoms with Crippen LogP contribution < -0.4 is 10.3 Å². The third-order valence-corrected chi connectivity index (χ3v) is 4.04. The SMILES string of the molecule is CCCn1nc(C(=O)Oc2ccc(CC)cc2)c2ccccc2c1=O. The summed E-state index contributed by atoms with van der Waals surface area (Å²) in [4.78, 5) is 25.1. The van der Waals surface area contributed by atoms with Crippen molar-refractivity contribution in [2.24, 2.45) is 0 Å². The summed E-state index contributed by atoms with van der Waals surface area (Å²) < 4.78 is 6.80. The Morgan fingerprint density at radius 2 is 1.72 bits per heavy atom. The molecule has 3 aromatic rings. The zero-order chi connectivity index (χ0) is 17.8. The fourth-order valence-electron chi connectivity index (χ4n) is 2.70. The second kappa shape index (κ2) is 7.30. The van der Waals surface area contributed by atoms with Crippen LogP contribution in [0, 0.1) is 0 Å². The largest absolute Gasteiger partial charge is 0.422 e. The van der Waals surface area contributed by atoms with Crippen molar-refractivity contribution in [3.63, 3.8) is 0 Å². The monoisotopic (exact) mass is 336 g/mol. The van der Waals surface area contributed by atoms with Gasteiger partial charge in [0.1, 0.15) is 5.75 Å². The van der Waals surface area contributed by atoms with Crippen LogP contribution in [-0.4, -0.2) is 15.7 Å². The van der Waals surface area contributed by atoms with E-state index in [-0.39, 0.29) is 11.3 Å². The Morgan fingerprint density at radius 1 is 1.04 bits per heavy atom. The van der Waals surface area contributed by atoms with Gasteiger partial charge >= 0.3 is 5.97 Å². The van der Waals surface area contributed by atoms with Crippen LogP contribution in [0.5, 0.6) is 5.75 Å². The number of aromatic nitrogens is 2. The van der Waals surface area contributed by atoms with E-state index in [0.717, 1.165) is 12.8 Å². The van der Waals surface area contributed by atoms with Crippen molar-refractivity contribution >= 4 is 16.7 Å². The van der Waals surface area contributed by atoms with E-state index in [1.54, 1.807) is 36.4 Å². The van der Waals surface area contributed by atoms with Gasteiger partial charge in [0, 0.05) is 11.9 Å². The first-order valence-electron chi connectivity index (χ1n) is 8.45. The second-order valence-electron chi connectivity index (χ2n) is 5.81. The molecule has 0 amide bonds. The third kappa shape index (κ3) is 3.45. The lowest BCUT2D eigenvalue weighted by Crippen LogP contribution is -2.27. The average Bonchev–Trinajstić information content (AvgIpc) is 2.65. The Balaban J connectivity index is 2.02. The van der Waals surface area contributed by atoms with E-state index < -0.39 is 5.97 Å². The minimum Gasteiger partial charge on any atom is -0.422 e. The van der Waals surface area contributed by atoms with Crippen molar-refractivity contribution in [3.8, 4) is 5.75 Å². The van der Waals surface area contributed by atoms with Gasteiger partial charge in [-0.2, -0.15) is 5.10 Å². The maximum absolute atomic E-state index is 12.7. The van der Waals surface area contributed by atoms with E-state index in [4.69, 9.17) is 4.74 Å². The third-order valence-electron chi connectivity index (χ3n) is 4.04. The molecule has 128 valence electrons. The van der Waals surface area contributed by atoms with Crippen LogP contribution in [0.2, 0.25) is 0 Å². The van der Waals surface area contributed by atoms with Gasteiger partial charge in [-0.05, 0) is 36.6 Å². The molecule has 5 heteroatoms. The van der Waals surface area contributed by atoms with Crippen molar-refractivity contribution in [2.45, 2.75) is 33.2 Å². The number of esters is 1. The number of ether oxygens (including phenoxy) is 1. The summed E-state index contributed by atoms with van der Waals surface area (Å²) in [5.74, 6) is -0.105. The van der Waals surface area contributed by atoms with Crippen molar-refractivity contribution in [2.75, 3.05) is 0 Å². The van der Waals surface area contributed by atoms with Crippen LogP contribution in [0.25, 0.3) is 10.8 Å². The van der Waals surface area contributed by atoms with Gasteiger partial charge in [0.2, 0.25) is 0 Å². The molecule has 5 nitrogen and oxygen atoms in total. The maximum atomic E-state index is 12.7. The van der Waals surface area contributed by atoms with Crippen LogP contribution in [0.1, 0.15) is 36.3 Å². The second-order valence-corrected chi connectivity index (χ2v) is 5.81. The number of carbonyl (C=O) groups is 1. The predicted octanol–water partition coefficient (Wildman–Crippen LogP) is 3.59. The number of hydrogen-bond acceptors (Lipinski definition) is 4. The molecule has 0 aliphatic heterocycles. The molecule has 0 bridgehead atoms. The smallest absolute Gasteiger partial charge is 0.364 e. The summed E-state index contributed by atoms with van der Waals surface area (Å²) in [7, 11) is 0. The number of benzene rings is 2. The Kier molecular flexibility index (Phi) is 4.93. The molecule has 1 aromatic heterocycles. The summed E-state index contributed by atoms with van der Waals surface area (Å²) >= 11 is 0. The fraction of sp³-hybridized carbons (Fsp3) is 0.250. The van der Waals surface area contributed by atoms with Crippen molar-refractivity contribution in [1.29, 1.82) is 0 Å². The highest BCUT2D eigenvalue weighted by molar-refractivity contribution is 6.02. The predicted molar refractivity (Wildman–Crippen MR) is 97.1 cm³/mol. The van der Waals surface area contributed by atoms with Gasteiger partial charge in [0.15, 0.2) is 5.69 Å². The van der Waals surface area contributed by atoms with Crippen LogP contribution in [0.15, 0.2) is 53.3 Å². The first kappa shape index (κ1) is 16.9. The molecule has 0 spiro atoms. The van der Waals surface area contributed by atoms with Crippen molar-refractivity contribution in [3.05, 3.63) is 70.1 Å². The van der Waals surface area contributed by atoms with Crippen molar-refractivity contribution < 1.29 is 9.53 Å². The molecule has 3 rings (SSSR count). The van der Waals surface area contributed by atoms with Gasteiger partial charge in [-0.3, -0.25) is 4.79 Å². The molecule has 25 heavy (non-hydrogen) atoms. The topological polar surface area (TPSA) is 61.2 Å². The van der Waals surface area contributed by atoms with Gasteiger partial charge in [-0.1, -0.05) is 44.2 Å². The van der Waals surface area contributed by atoms with Crippen LogP contribution in [0.4, 0.5) is 0 Å². The Morgan fingerprint density at radius 3 is 2.36 bits per heavy atom. The first-order valence-corrected chi connectivity index (χ1v) is 8.45. The number of nitrogens with zero attached hydrogens (tertiary/aromatic N) is 2. The minimum absolute atomic E-state index is 0.156. The van der Waals surface area contributed by atoms with Gasteiger partial charge < -0.3 is 4.74 Å². The molecule has 0 aliphatic carbocycles. The number of aryl methyl sites for hydroxylation is 2. The molecule has 0 saturated carbocycles. The Hall–Kier alpha value is -2.95. The molecule has 0 atom stereocenters. The van der Waals surface area contributed by atoms with E-state index in [1.807, 2.05) is 19.1 Å². The standard InChI is InChI=1S/C20H20N2O3/c1-3-13-22-19(23)17-8-6-5-7-16(17)18(21-22)20(24)25-15-11-9-14(4-2)10-12-15/h5-12H,3-4,13H2,1-2H3. The van der Waals surface area contributed by atoms with E-state index in [1.165, 1.54) is 10.2 Å². The van der Waals surface area contributed by atoms with E-state index in [9.17, 15) is 9.59 Å². The van der Waals surface area contributed by atoms with E-state index >= 15 is 0 Å². The number of rotatable bonds is 5. The lowest BCUT2D eigenvalue weighted by Gasteiger charge is -2.10. The summed E-state index contributed by atoms with van der Waals surface area (Å²) in [6.45, 7) is 4.47. The normalized spacial score (nSPS) is 10.8. The highest BCUT2D eigenvalue weighted by Gasteiger charge is 2.18. The molecule has 0 aliphatic rings. The van der Waals surface area contributed by atoms with Gasteiger partial charge in [-0.25, -0.2) is 9.48 Å². The molecule has 1 heterocycles. The molecule has 0 saturated heterocycles. The lowest BCUT2D eigenvalue weighted by molar-refractivity contribution is 0.0728. The lowest BCUT2D eigenvalue weighted by atomic mass is 10.1. The number of hydrogen-bond donors (Lipinski definition) is 0. The van der Waals surface area contributed by atoms with Gasteiger partial charge in [0.05, 0.1) is 5.39 Å². The van der Waals surface area contributed by atoms with Gasteiger partial charge in [0.25, 0.3) is 5.56 Å². The summed E-state index contributed by atoms with van der Waals surface area (Å²) in [6, 6.07) is 14.4. The zero-order valence-electron chi connectivity index (χ0n) is 14.4. The highest BCUT2D eigenvalue weighted by Crippen LogP contribution is 2.18. The number of fused-ring (bicyclic) bond motifs is 1. The van der Waals surface area contributed by atoms with E-state index in [2.05, 4.69) is 12.0 Å². The van der Waals surface area contributed by atoms with Crippen LogP contribution in [-0.2, 0) is 13.0 Å². The zero-order valence-corrected chi connectivity index (χ0v) is 14.4. The molecule has 0 fully saturated rings. The molecule has 0 unspecified atom stereocenters. The summed E-state index contributed by atoms with van der Waals surface area (Å²) in [6.07, 6.45) is 1.67. The van der Waals surface area contributed by atoms with E-state index in [0.29, 0.717) is 23.1 Å². The average molecular weight is 336 g/mol. The summed E-state index contributed by atoms with van der Waals surface area (Å²) in [5.41, 5.74) is 1.13. The first-order chi connectivity index (χ1) is 12.1. The Labute approximate surface area is 145 Å².